The Hall–Kier alpha value is -0.970. The summed E-state index contributed by atoms with van der Waals surface area (Å²) in [6, 6.07) is 3.65. The summed E-state index contributed by atoms with van der Waals surface area (Å²) in [4.78, 5) is 8.49. The highest BCUT2D eigenvalue weighted by Gasteiger charge is 2.04. The molecule has 2 heterocycles. The topological polar surface area (TPSA) is 51.8 Å². The molecule has 0 aliphatic heterocycles. The molecule has 2 aromatic rings. The Bertz CT molecular complexity index is 424. The number of hydrogen-bond acceptors (Lipinski definition) is 4. The van der Waals surface area contributed by atoms with Gasteiger partial charge in [-0.25, -0.2) is 4.98 Å². The molecular formula is C9H8ClN3S. The number of halogens is 1. The van der Waals surface area contributed by atoms with Gasteiger partial charge in [-0.3, -0.25) is 4.98 Å². The molecule has 0 saturated carbocycles. The first-order valence-electron chi connectivity index (χ1n) is 4.06. The molecule has 0 spiro atoms. The lowest BCUT2D eigenvalue weighted by atomic mass is 10.3. The molecule has 0 fully saturated rings. The smallest absolute Gasteiger partial charge is 0.142 e. The van der Waals surface area contributed by atoms with E-state index in [9.17, 15) is 0 Å². The molecular weight excluding hydrogens is 218 g/mol. The molecule has 0 radical (unpaired) electrons. The first-order chi connectivity index (χ1) is 6.79. The molecule has 0 aromatic carbocycles. The van der Waals surface area contributed by atoms with Gasteiger partial charge in [0, 0.05) is 18.1 Å². The van der Waals surface area contributed by atoms with Gasteiger partial charge < -0.3 is 5.73 Å². The predicted octanol–water partition coefficient (Wildman–Crippen LogP) is 2.32. The van der Waals surface area contributed by atoms with Crippen LogP contribution in [0, 0.1) is 0 Å². The third kappa shape index (κ3) is 1.92. The van der Waals surface area contributed by atoms with Crippen LogP contribution in [0.15, 0.2) is 23.7 Å². The fourth-order valence-electron chi connectivity index (χ4n) is 1.02. The van der Waals surface area contributed by atoms with Crippen LogP contribution in [0.2, 0.25) is 5.02 Å². The molecule has 14 heavy (non-hydrogen) atoms. The molecule has 2 N–H and O–H groups in total. The van der Waals surface area contributed by atoms with Crippen LogP contribution in [0.25, 0.3) is 10.7 Å². The fraction of sp³-hybridized carbons (Fsp3) is 0.111. The summed E-state index contributed by atoms with van der Waals surface area (Å²) >= 11 is 7.27. The summed E-state index contributed by atoms with van der Waals surface area (Å²) in [5.41, 5.74) is 7.19. The van der Waals surface area contributed by atoms with Gasteiger partial charge >= 0.3 is 0 Å². The summed E-state index contributed by atoms with van der Waals surface area (Å²) in [5, 5.41) is 3.44. The lowest BCUT2D eigenvalue weighted by Gasteiger charge is -1.94. The Balaban J connectivity index is 2.34. The molecule has 2 aromatic heterocycles. The van der Waals surface area contributed by atoms with Gasteiger partial charge in [0.15, 0.2) is 0 Å². The van der Waals surface area contributed by atoms with Crippen LogP contribution in [0.5, 0.6) is 0 Å². The average Bonchev–Trinajstić information content (AvgIpc) is 2.67. The van der Waals surface area contributed by atoms with Crippen molar-refractivity contribution in [3.05, 3.63) is 34.4 Å². The molecule has 0 aliphatic carbocycles. The van der Waals surface area contributed by atoms with Gasteiger partial charge in [-0.1, -0.05) is 11.6 Å². The number of thiazole rings is 1. The Morgan fingerprint density at radius 3 is 2.86 bits per heavy atom. The van der Waals surface area contributed by atoms with Gasteiger partial charge in [-0.15, -0.1) is 11.3 Å². The van der Waals surface area contributed by atoms with Gasteiger partial charge in [0.25, 0.3) is 0 Å². The van der Waals surface area contributed by atoms with Crippen LogP contribution in [0.4, 0.5) is 0 Å². The van der Waals surface area contributed by atoms with Gasteiger partial charge in [0.05, 0.1) is 16.4 Å². The third-order valence-corrected chi connectivity index (χ3v) is 2.84. The van der Waals surface area contributed by atoms with Crippen molar-refractivity contribution < 1.29 is 0 Å². The van der Waals surface area contributed by atoms with Gasteiger partial charge in [0.2, 0.25) is 0 Å². The minimum atomic E-state index is 0.462. The van der Waals surface area contributed by atoms with E-state index in [1.165, 1.54) is 11.3 Å². The Morgan fingerprint density at radius 2 is 2.29 bits per heavy atom. The predicted molar refractivity (Wildman–Crippen MR) is 58.2 cm³/mol. The molecule has 72 valence electrons. The van der Waals surface area contributed by atoms with Crippen molar-refractivity contribution in [1.29, 1.82) is 0 Å². The Morgan fingerprint density at radius 1 is 1.43 bits per heavy atom. The van der Waals surface area contributed by atoms with Crippen molar-refractivity contribution in [3.8, 4) is 10.7 Å². The van der Waals surface area contributed by atoms with Crippen LogP contribution in [-0.4, -0.2) is 9.97 Å². The van der Waals surface area contributed by atoms with E-state index in [4.69, 9.17) is 17.3 Å². The number of pyridine rings is 1. The molecule has 0 bridgehead atoms. The summed E-state index contributed by atoms with van der Waals surface area (Å²) < 4.78 is 0. The molecule has 2 rings (SSSR count). The maximum atomic E-state index is 5.73. The minimum absolute atomic E-state index is 0.462. The van der Waals surface area contributed by atoms with Crippen molar-refractivity contribution >= 4 is 22.9 Å². The zero-order chi connectivity index (χ0) is 9.97. The summed E-state index contributed by atoms with van der Waals surface area (Å²) in [6.07, 6.45) is 1.61. The van der Waals surface area contributed by atoms with E-state index in [1.807, 2.05) is 11.4 Å². The van der Waals surface area contributed by atoms with E-state index >= 15 is 0 Å². The van der Waals surface area contributed by atoms with E-state index in [0.29, 0.717) is 11.6 Å². The van der Waals surface area contributed by atoms with Crippen LogP contribution >= 0.6 is 22.9 Å². The van der Waals surface area contributed by atoms with Crippen molar-refractivity contribution in [2.45, 2.75) is 6.54 Å². The van der Waals surface area contributed by atoms with Crippen molar-refractivity contribution in [3.63, 3.8) is 0 Å². The number of hydrogen-bond donors (Lipinski definition) is 1. The average molecular weight is 226 g/mol. The summed E-state index contributed by atoms with van der Waals surface area (Å²) in [5.74, 6) is 0. The first-order valence-corrected chi connectivity index (χ1v) is 5.32. The molecule has 5 heteroatoms. The first kappa shape index (κ1) is 9.58. The monoisotopic (exact) mass is 225 g/mol. The summed E-state index contributed by atoms with van der Waals surface area (Å²) in [6.45, 7) is 0.462. The van der Waals surface area contributed by atoms with Crippen LogP contribution in [0.1, 0.15) is 5.69 Å². The van der Waals surface area contributed by atoms with Gasteiger partial charge in [0.1, 0.15) is 5.01 Å². The summed E-state index contributed by atoms with van der Waals surface area (Å²) in [7, 11) is 0. The second-order valence-electron chi connectivity index (χ2n) is 2.71. The molecule has 0 atom stereocenters. The Labute approximate surface area is 90.6 Å². The molecule has 0 unspecified atom stereocenters. The quantitative estimate of drug-likeness (QED) is 0.854. The zero-order valence-electron chi connectivity index (χ0n) is 7.27. The van der Waals surface area contributed by atoms with E-state index in [-0.39, 0.29) is 0 Å². The number of nitrogens with two attached hydrogens (primary N) is 1. The molecule has 0 aliphatic rings. The highest BCUT2D eigenvalue weighted by atomic mass is 35.5. The van der Waals surface area contributed by atoms with E-state index < -0.39 is 0 Å². The molecule has 0 saturated heterocycles. The maximum Gasteiger partial charge on any atom is 0.142 e. The van der Waals surface area contributed by atoms with Crippen molar-refractivity contribution in [2.75, 3.05) is 0 Å². The van der Waals surface area contributed by atoms with Crippen LogP contribution in [-0.2, 0) is 6.54 Å². The number of aromatic nitrogens is 2. The lowest BCUT2D eigenvalue weighted by molar-refractivity contribution is 1.01. The van der Waals surface area contributed by atoms with Crippen molar-refractivity contribution in [2.24, 2.45) is 5.73 Å². The maximum absolute atomic E-state index is 5.73. The molecule has 0 amide bonds. The van der Waals surface area contributed by atoms with Crippen LogP contribution < -0.4 is 5.73 Å². The molecule has 3 nitrogen and oxygen atoms in total. The third-order valence-electron chi connectivity index (χ3n) is 1.71. The van der Waals surface area contributed by atoms with E-state index in [2.05, 4.69) is 9.97 Å². The largest absolute Gasteiger partial charge is 0.325 e. The van der Waals surface area contributed by atoms with Gasteiger partial charge in [-0.05, 0) is 12.1 Å². The minimum Gasteiger partial charge on any atom is -0.325 e. The SMILES string of the molecule is NCc1csc(-c2ccc(Cl)cn2)n1. The second-order valence-corrected chi connectivity index (χ2v) is 4.00. The Kier molecular flexibility index (Phi) is 2.77. The number of rotatable bonds is 2. The zero-order valence-corrected chi connectivity index (χ0v) is 8.85. The normalized spacial score (nSPS) is 10.4. The fourth-order valence-corrected chi connectivity index (χ4v) is 1.94. The lowest BCUT2D eigenvalue weighted by Crippen LogP contribution is -1.95. The highest BCUT2D eigenvalue weighted by Crippen LogP contribution is 2.22. The van der Waals surface area contributed by atoms with Gasteiger partial charge in [-0.2, -0.15) is 0 Å². The standard InChI is InChI=1S/C9H8ClN3S/c10-6-1-2-8(12-4-6)9-13-7(3-11)5-14-9/h1-2,4-5H,3,11H2. The van der Waals surface area contributed by atoms with E-state index in [1.54, 1.807) is 12.3 Å². The van der Waals surface area contributed by atoms with E-state index in [0.717, 1.165) is 16.4 Å². The highest BCUT2D eigenvalue weighted by molar-refractivity contribution is 7.13. The number of nitrogens with zero attached hydrogens (tertiary/aromatic N) is 2. The van der Waals surface area contributed by atoms with Crippen LogP contribution in [0.3, 0.4) is 0 Å². The second kappa shape index (κ2) is 4.04. The van der Waals surface area contributed by atoms with Crippen molar-refractivity contribution in [1.82, 2.24) is 9.97 Å².